The van der Waals surface area contributed by atoms with Gasteiger partial charge in [0.25, 0.3) is 0 Å². The first kappa shape index (κ1) is 15.9. The minimum atomic E-state index is -0.621. The molecular weight excluding hydrogens is 276 g/mol. The van der Waals surface area contributed by atoms with Crippen LogP contribution in [0.25, 0.3) is 0 Å². The molecule has 1 aromatic carbocycles. The van der Waals surface area contributed by atoms with Crippen molar-refractivity contribution in [3.8, 4) is 0 Å². The third kappa shape index (κ3) is 4.49. The molecule has 1 fully saturated rings. The Hall–Kier alpha value is -1.49. The van der Waals surface area contributed by atoms with Crippen LogP contribution >= 0.6 is 0 Å². The van der Waals surface area contributed by atoms with Gasteiger partial charge in [-0.25, -0.2) is 8.78 Å². The molecule has 0 radical (unpaired) electrons. The second-order valence-corrected chi connectivity index (χ2v) is 5.79. The number of aliphatic hydroxyl groups is 1. The molecule has 3 nitrogen and oxygen atoms in total. The highest BCUT2D eigenvalue weighted by atomic mass is 19.1. The lowest BCUT2D eigenvalue weighted by Gasteiger charge is -2.19. The highest BCUT2D eigenvalue weighted by molar-refractivity contribution is 5.77. The highest BCUT2D eigenvalue weighted by Crippen LogP contribution is 2.34. The van der Waals surface area contributed by atoms with E-state index in [2.05, 4.69) is 5.32 Å². The van der Waals surface area contributed by atoms with Crippen LogP contribution in [-0.2, 0) is 4.79 Å². The summed E-state index contributed by atoms with van der Waals surface area (Å²) in [5.74, 6) is -1.26. The van der Waals surface area contributed by atoms with Crippen molar-refractivity contribution in [1.29, 1.82) is 0 Å². The highest BCUT2D eigenvalue weighted by Gasteiger charge is 2.32. The van der Waals surface area contributed by atoms with Crippen LogP contribution in [0.2, 0.25) is 0 Å². The number of carbonyl (C=O) groups is 1. The molecule has 5 heteroatoms. The Labute approximate surface area is 123 Å². The summed E-state index contributed by atoms with van der Waals surface area (Å²) in [6.07, 6.45) is 2.85. The molecule has 1 aromatic rings. The van der Waals surface area contributed by atoms with Crippen LogP contribution in [-0.4, -0.2) is 23.7 Å². The lowest BCUT2D eigenvalue weighted by atomic mass is 9.96. The molecule has 0 spiro atoms. The molecule has 0 bridgehead atoms. The van der Waals surface area contributed by atoms with Crippen LogP contribution in [0.3, 0.4) is 0 Å². The van der Waals surface area contributed by atoms with Gasteiger partial charge >= 0.3 is 0 Å². The second kappa shape index (κ2) is 6.98. The first-order valence-electron chi connectivity index (χ1n) is 7.36. The lowest BCUT2D eigenvalue weighted by Crippen LogP contribution is -2.37. The zero-order valence-electron chi connectivity index (χ0n) is 12.1. The standard InChI is InChI=1S/C16H21F2NO2/c1-10(13-5-4-12(17)9-14(13)18)8-16(21)19-15(6-7-20)11-2-3-11/h4-5,9-11,15,20H,2-3,6-8H2,1H3,(H,19,21). The normalized spacial score (nSPS) is 17.3. The summed E-state index contributed by atoms with van der Waals surface area (Å²) in [4.78, 5) is 12.0. The molecule has 2 rings (SSSR count). The number of nitrogens with one attached hydrogen (secondary N) is 1. The number of amides is 1. The van der Waals surface area contributed by atoms with Crippen molar-refractivity contribution in [2.24, 2.45) is 5.92 Å². The quantitative estimate of drug-likeness (QED) is 0.813. The van der Waals surface area contributed by atoms with Gasteiger partial charge in [0, 0.05) is 25.1 Å². The third-order valence-corrected chi connectivity index (χ3v) is 3.96. The van der Waals surface area contributed by atoms with Crippen molar-refractivity contribution in [1.82, 2.24) is 5.32 Å². The zero-order valence-corrected chi connectivity index (χ0v) is 12.1. The second-order valence-electron chi connectivity index (χ2n) is 5.79. The monoisotopic (exact) mass is 297 g/mol. The van der Waals surface area contributed by atoms with Crippen molar-refractivity contribution >= 4 is 5.91 Å². The summed E-state index contributed by atoms with van der Waals surface area (Å²) >= 11 is 0. The minimum Gasteiger partial charge on any atom is -0.396 e. The number of aliphatic hydroxyl groups excluding tert-OH is 1. The number of hydrogen-bond donors (Lipinski definition) is 2. The number of halogens is 2. The van der Waals surface area contributed by atoms with E-state index >= 15 is 0 Å². The van der Waals surface area contributed by atoms with Crippen LogP contribution in [0.1, 0.15) is 44.1 Å². The Morgan fingerprint density at radius 2 is 2.14 bits per heavy atom. The minimum absolute atomic E-state index is 0.00719. The Morgan fingerprint density at radius 1 is 1.43 bits per heavy atom. The van der Waals surface area contributed by atoms with Crippen molar-refractivity contribution in [3.63, 3.8) is 0 Å². The van der Waals surface area contributed by atoms with Gasteiger partial charge in [-0.05, 0) is 42.7 Å². The van der Waals surface area contributed by atoms with E-state index in [1.165, 1.54) is 12.1 Å². The molecule has 1 aliphatic rings. The molecule has 21 heavy (non-hydrogen) atoms. The first-order chi connectivity index (χ1) is 10.0. The summed E-state index contributed by atoms with van der Waals surface area (Å²) < 4.78 is 26.6. The maximum absolute atomic E-state index is 13.7. The average molecular weight is 297 g/mol. The fraction of sp³-hybridized carbons (Fsp3) is 0.562. The van der Waals surface area contributed by atoms with Crippen molar-refractivity contribution in [2.75, 3.05) is 6.61 Å². The van der Waals surface area contributed by atoms with Crippen LogP contribution in [0, 0.1) is 17.6 Å². The van der Waals surface area contributed by atoms with Gasteiger partial charge in [0.2, 0.25) is 5.91 Å². The van der Waals surface area contributed by atoms with Crippen molar-refractivity contribution in [2.45, 2.75) is 44.6 Å². The van der Waals surface area contributed by atoms with E-state index in [1.54, 1.807) is 6.92 Å². The van der Waals surface area contributed by atoms with E-state index in [4.69, 9.17) is 5.11 Å². The molecule has 1 aliphatic carbocycles. The van der Waals surface area contributed by atoms with Crippen LogP contribution in [0.15, 0.2) is 18.2 Å². The van der Waals surface area contributed by atoms with E-state index < -0.39 is 11.6 Å². The number of carbonyl (C=O) groups excluding carboxylic acids is 1. The van der Waals surface area contributed by atoms with Gasteiger partial charge in [0.15, 0.2) is 0 Å². The molecule has 2 N–H and O–H groups in total. The maximum Gasteiger partial charge on any atom is 0.220 e. The average Bonchev–Trinajstić information content (AvgIpc) is 3.22. The fourth-order valence-electron chi connectivity index (χ4n) is 2.62. The predicted molar refractivity (Wildman–Crippen MR) is 75.7 cm³/mol. The van der Waals surface area contributed by atoms with Gasteiger partial charge in [0.1, 0.15) is 11.6 Å². The predicted octanol–water partition coefficient (Wildman–Crippen LogP) is 2.74. The fourth-order valence-corrected chi connectivity index (χ4v) is 2.62. The topological polar surface area (TPSA) is 49.3 Å². The molecule has 2 atom stereocenters. The van der Waals surface area contributed by atoms with Crippen molar-refractivity contribution < 1.29 is 18.7 Å². The van der Waals surface area contributed by atoms with E-state index in [0.29, 0.717) is 17.9 Å². The molecule has 116 valence electrons. The first-order valence-corrected chi connectivity index (χ1v) is 7.36. The van der Waals surface area contributed by atoms with Crippen molar-refractivity contribution in [3.05, 3.63) is 35.4 Å². The van der Waals surface area contributed by atoms with E-state index in [1.807, 2.05) is 0 Å². The molecule has 0 saturated heterocycles. The SMILES string of the molecule is CC(CC(=O)NC(CCO)C1CC1)c1ccc(F)cc1F. The van der Waals surface area contributed by atoms with Crippen LogP contribution in [0.5, 0.6) is 0 Å². The number of hydrogen-bond acceptors (Lipinski definition) is 2. The molecule has 0 aliphatic heterocycles. The number of rotatable bonds is 7. The summed E-state index contributed by atoms with van der Waals surface area (Å²) in [6.45, 7) is 1.79. The molecule has 0 heterocycles. The van der Waals surface area contributed by atoms with Gasteiger partial charge in [-0.1, -0.05) is 13.0 Å². The van der Waals surface area contributed by atoms with Crippen LogP contribution < -0.4 is 5.32 Å². The Balaban J connectivity index is 1.91. The summed E-state index contributed by atoms with van der Waals surface area (Å²) in [6, 6.07) is 3.43. The third-order valence-electron chi connectivity index (χ3n) is 3.96. The van der Waals surface area contributed by atoms with Crippen LogP contribution in [0.4, 0.5) is 8.78 Å². The van der Waals surface area contributed by atoms with Gasteiger partial charge in [-0.2, -0.15) is 0 Å². The molecule has 0 aromatic heterocycles. The maximum atomic E-state index is 13.7. The van der Waals surface area contributed by atoms with Gasteiger partial charge < -0.3 is 10.4 Å². The lowest BCUT2D eigenvalue weighted by molar-refractivity contribution is -0.122. The molecule has 2 unspecified atom stereocenters. The van der Waals surface area contributed by atoms with E-state index in [0.717, 1.165) is 18.9 Å². The molecular formula is C16H21F2NO2. The van der Waals surface area contributed by atoms with E-state index in [9.17, 15) is 13.6 Å². The summed E-state index contributed by atoms with van der Waals surface area (Å²) in [5, 5.41) is 11.9. The van der Waals surface area contributed by atoms with Gasteiger partial charge in [0.05, 0.1) is 0 Å². The smallest absolute Gasteiger partial charge is 0.220 e. The summed E-state index contributed by atoms with van der Waals surface area (Å²) in [7, 11) is 0. The molecule has 1 amide bonds. The van der Waals surface area contributed by atoms with E-state index in [-0.39, 0.29) is 30.9 Å². The Morgan fingerprint density at radius 3 is 2.71 bits per heavy atom. The Kier molecular flexibility index (Phi) is 5.28. The summed E-state index contributed by atoms with van der Waals surface area (Å²) in [5.41, 5.74) is 0.344. The molecule has 1 saturated carbocycles. The van der Waals surface area contributed by atoms with Gasteiger partial charge in [-0.3, -0.25) is 4.79 Å². The Bertz CT molecular complexity index is 503. The van der Waals surface area contributed by atoms with Gasteiger partial charge in [-0.15, -0.1) is 0 Å². The largest absolute Gasteiger partial charge is 0.396 e. The number of benzene rings is 1. The zero-order chi connectivity index (χ0) is 15.4.